The molecule has 28 heavy (non-hydrogen) atoms. The van der Waals surface area contributed by atoms with E-state index in [2.05, 4.69) is 61.9 Å². The summed E-state index contributed by atoms with van der Waals surface area (Å²) in [4.78, 5) is 13.3. The fraction of sp³-hybridized carbons (Fsp3) is 0.955. The van der Waals surface area contributed by atoms with Crippen LogP contribution in [0.3, 0.4) is 0 Å². The lowest BCUT2D eigenvalue weighted by Gasteiger charge is -2.43. The summed E-state index contributed by atoms with van der Waals surface area (Å²) in [5.41, 5.74) is 1.84. The SMILES string of the molecule is CCO[Si](C)(OCC)C1CC2CC1CC2C(=O)O[Si](C(C)C)(C(C)C)C(C)C. The van der Waals surface area contributed by atoms with Crippen molar-refractivity contribution < 1.29 is 18.1 Å². The van der Waals surface area contributed by atoms with Crippen molar-refractivity contribution >= 4 is 22.8 Å². The molecular formula is C22H44O4Si2. The van der Waals surface area contributed by atoms with E-state index in [9.17, 15) is 4.79 Å². The fourth-order valence-corrected chi connectivity index (χ4v) is 15.4. The van der Waals surface area contributed by atoms with Crippen LogP contribution < -0.4 is 0 Å². The summed E-state index contributed by atoms with van der Waals surface area (Å²) >= 11 is 0. The molecule has 2 aliphatic rings. The molecule has 4 nitrogen and oxygen atoms in total. The van der Waals surface area contributed by atoms with Crippen LogP contribution >= 0.6 is 0 Å². The van der Waals surface area contributed by atoms with Crippen LogP contribution in [0.1, 0.15) is 74.7 Å². The minimum Gasteiger partial charge on any atom is -0.518 e. The molecule has 0 radical (unpaired) electrons. The van der Waals surface area contributed by atoms with Crippen molar-refractivity contribution in [1.29, 1.82) is 0 Å². The van der Waals surface area contributed by atoms with Crippen LogP contribution in [0, 0.1) is 17.8 Å². The summed E-state index contributed by atoms with van der Waals surface area (Å²) in [6, 6.07) is 0. The molecule has 2 rings (SSSR count). The molecule has 0 aromatic heterocycles. The normalized spacial score (nSPS) is 28.0. The van der Waals surface area contributed by atoms with Crippen molar-refractivity contribution in [2.75, 3.05) is 13.2 Å². The Morgan fingerprint density at radius 1 is 0.857 bits per heavy atom. The number of hydrogen-bond acceptors (Lipinski definition) is 4. The average molecular weight is 429 g/mol. The standard InChI is InChI=1S/C22H44O4Si2/c1-10-24-27(9,25-11-2)21-14-18-12-19(21)13-20(18)22(23)26-28(15(3)4,16(5)6)17(7)8/h15-21H,10-14H2,1-9H3. The van der Waals surface area contributed by atoms with Gasteiger partial charge in [-0.1, -0.05) is 41.5 Å². The average Bonchev–Trinajstić information content (AvgIpc) is 3.19. The fourth-order valence-electron chi connectivity index (χ4n) is 6.64. The van der Waals surface area contributed by atoms with Gasteiger partial charge in [0.25, 0.3) is 14.3 Å². The second kappa shape index (κ2) is 9.31. The van der Waals surface area contributed by atoms with Crippen LogP contribution in [-0.2, 0) is 18.1 Å². The van der Waals surface area contributed by atoms with Gasteiger partial charge in [-0.05, 0) is 68.1 Å². The summed E-state index contributed by atoms with van der Waals surface area (Å²) in [6.07, 6.45) is 3.19. The van der Waals surface area contributed by atoms with Gasteiger partial charge >= 0.3 is 8.56 Å². The molecule has 0 N–H and O–H groups in total. The molecule has 0 saturated heterocycles. The number of hydrogen-bond donors (Lipinski definition) is 0. The monoisotopic (exact) mass is 428 g/mol. The third-order valence-electron chi connectivity index (χ3n) is 7.68. The molecule has 0 spiro atoms. The van der Waals surface area contributed by atoms with Crippen molar-refractivity contribution in [3.05, 3.63) is 0 Å². The highest BCUT2D eigenvalue weighted by atomic mass is 28.4. The maximum Gasteiger partial charge on any atom is 0.338 e. The first-order chi connectivity index (χ1) is 13.0. The molecule has 4 atom stereocenters. The van der Waals surface area contributed by atoms with E-state index >= 15 is 0 Å². The van der Waals surface area contributed by atoms with Gasteiger partial charge in [0, 0.05) is 18.8 Å². The molecule has 2 aliphatic carbocycles. The summed E-state index contributed by atoms with van der Waals surface area (Å²) < 4.78 is 18.9. The Morgan fingerprint density at radius 2 is 1.36 bits per heavy atom. The van der Waals surface area contributed by atoms with E-state index in [0.29, 0.717) is 47.2 Å². The van der Waals surface area contributed by atoms with Gasteiger partial charge in [-0.2, -0.15) is 0 Å². The van der Waals surface area contributed by atoms with E-state index in [0.717, 1.165) is 19.3 Å². The summed E-state index contributed by atoms with van der Waals surface area (Å²) in [5.74, 6) is 1.20. The van der Waals surface area contributed by atoms with Gasteiger partial charge in [-0.3, -0.25) is 4.79 Å². The molecule has 0 aromatic carbocycles. The van der Waals surface area contributed by atoms with Crippen LogP contribution in [0.5, 0.6) is 0 Å². The van der Waals surface area contributed by atoms with Crippen LogP contribution in [0.15, 0.2) is 0 Å². The largest absolute Gasteiger partial charge is 0.518 e. The molecule has 2 saturated carbocycles. The third kappa shape index (κ3) is 4.30. The quantitative estimate of drug-likeness (QED) is 0.385. The third-order valence-corrected chi connectivity index (χ3v) is 17.4. The van der Waals surface area contributed by atoms with E-state index < -0.39 is 16.9 Å². The minimum atomic E-state index is -2.18. The highest BCUT2D eigenvalue weighted by Crippen LogP contribution is 2.59. The van der Waals surface area contributed by atoms with Crippen molar-refractivity contribution in [3.8, 4) is 0 Å². The molecule has 164 valence electrons. The van der Waals surface area contributed by atoms with Crippen LogP contribution in [0.25, 0.3) is 0 Å². The Hall–Kier alpha value is -0.176. The lowest BCUT2D eigenvalue weighted by molar-refractivity contribution is -0.142. The van der Waals surface area contributed by atoms with Crippen molar-refractivity contribution in [2.24, 2.45) is 17.8 Å². The maximum atomic E-state index is 13.3. The van der Waals surface area contributed by atoms with Crippen molar-refractivity contribution in [3.63, 3.8) is 0 Å². The second-order valence-corrected chi connectivity index (χ2v) is 18.8. The van der Waals surface area contributed by atoms with E-state index in [-0.39, 0.29) is 11.9 Å². The lowest BCUT2D eigenvalue weighted by Crippen LogP contribution is -2.51. The van der Waals surface area contributed by atoms with Crippen LogP contribution in [0.2, 0.25) is 28.7 Å². The molecule has 2 fully saturated rings. The first kappa shape index (κ1) is 24.1. The molecule has 2 bridgehead atoms. The maximum absolute atomic E-state index is 13.3. The van der Waals surface area contributed by atoms with E-state index in [1.165, 1.54) is 0 Å². The summed E-state index contributed by atoms with van der Waals surface area (Å²) in [5, 5.41) is 0. The highest BCUT2D eigenvalue weighted by molar-refractivity contribution is 6.79. The van der Waals surface area contributed by atoms with Crippen LogP contribution in [0.4, 0.5) is 0 Å². The zero-order valence-electron chi connectivity index (χ0n) is 19.7. The molecular weight excluding hydrogens is 384 g/mol. The zero-order valence-corrected chi connectivity index (χ0v) is 21.7. The molecule has 0 aromatic rings. The highest BCUT2D eigenvalue weighted by Gasteiger charge is 2.58. The molecule has 6 heteroatoms. The first-order valence-electron chi connectivity index (χ1n) is 11.5. The van der Waals surface area contributed by atoms with Gasteiger partial charge in [-0.15, -0.1) is 0 Å². The lowest BCUT2D eigenvalue weighted by atomic mass is 9.89. The van der Waals surface area contributed by atoms with Crippen molar-refractivity contribution in [1.82, 2.24) is 0 Å². The number of carbonyl (C=O) groups is 1. The Bertz CT molecular complexity index is 507. The topological polar surface area (TPSA) is 44.8 Å². The van der Waals surface area contributed by atoms with E-state index in [1.54, 1.807) is 0 Å². The van der Waals surface area contributed by atoms with Gasteiger partial charge in [-0.25, -0.2) is 0 Å². The Morgan fingerprint density at radius 3 is 1.71 bits per heavy atom. The molecule has 0 aliphatic heterocycles. The number of fused-ring (bicyclic) bond motifs is 2. The Balaban J connectivity index is 2.12. The van der Waals surface area contributed by atoms with Gasteiger partial charge in [0.2, 0.25) is 0 Å². The van der Waals surface area contributed by atoms with E-state index in [1.807, 2.05) is 0 Å². The summed E-state index contributed by atoms with van der Waals surface area (Å²) in [7, 11) is -4.33. The van der Waals surface area contributed by atoms with Gasteiger partial charge in [0.1, 0.15) is 0 Å². The number of rotatable bonds is 10. The minimum absolute atomic E-state index is 0.0888. The predicted molar refractivity (Wildman–Crippen MR) is 120 cm³/mol. The summed E-state index contributed by atoms with van der Waals surface area (Å²) in [6.45, 7) is 21.3. The second-order valence-electron chi connectivity index (χ2n) is 10.1. The first-order valence-corrected chi connectivity index (χ1v) is 16.1. The molecule has 0 heterocycles. The Kier molecular flexibility index (Phi) is 8.02. The predicted octanol–water partition coefficient (Wildman–Crippen LogP) is 6.27. The van der Waals surface area contributed by atoms with Crippen LogP contribution in [-0.4, -0.2) is 36.1 Å². The Labute approximate surface area is 175 Å². The van der Waals surface area contributed by atoms with Gasteiger partial charge in [0.15, 0.2) is 0 Å². The smallest absolute Gasteiger partial charge is 0.338 e. The molecule has 0 amide bonds. The van der Waals surface area contributed by atoms with Crippen molar-refractivity contribution in [2.45, 2.75) is 103 Å². The molecule has 4 unspecified atom stereocenters. The number of carbonyl (C=O) groups excluding carboxylic acids is 1. The van der Waals surface area contributed by atoms with E-state index in [4.69, 9.17) is 13.3 Å². The zero-order chi connectivity index (χ0) is 21.3. The van der Waals surface area contributed by atoms with Gasteiger partial charge in [0.05, 0.1) is 5.92 Å². The van der Waals surface area contributed by atoms with Gasteiger partial charge < -0.3 is 13.3 Å².